The smallest absolute Gasteiger partial charge is 0.303 e. The third-order valence-electron chi connectivity index (χ3n) is 4.62. The molecule has 5 heteroatoms. The van der Waals surface area contributed by atoms with Crippen molar-refractivity contribution < 1.29 is 14.7 Å². The molecule has 0 aromatic heterocycles. The van der Waals surface area contributed by atoms with E-state index in [0.29, 0.717) is 19.0 Å². The molecule has 2 N–H and O–H groups in total. The van der Waals surface area contributed by atoms with E-state index in [4.69, 9.17) is 5.11 Å². The largest absolute Gasteiger partial charge is 0.481 e. The minimum atomic E-state index is -0.789. The van der Waals surface area contributed by atoms with Crippen LogP contribution >= 0.6 is 0 Å². The monoisotopic (exact) mass is 298 g/mol. The maximum absolute atomic E-state index is 12.0. The van der Waals surface area contributed by atoms with Crippen molar-refractivity contribution in [3.8, 4) is 0 Å². The summed E-state index contributed by atoms with van der Waals surface area (Å²) >= 11 is 0. The molecule has 0 saturated heterocycles. The van der Waals surface area contributed by atoms with Crippen molar-refractivity contribution in [3.05, 3.63) is 0 Å². The number of amides is 1. The first-order valence-electron chi connectivity index (χ1n) is 8.03. The lowest BCUT2D eigenvalue weighted by atomic mass is 9.79. The van der Waals surface area contributed by atoms with Gasteiger partial charge >= 0.3 is 5.97 Å². The first-order chi connectivity index (χ1) is 9.84. The zero-order valence-electron chi connectivity index (χ0n) is 13.7. The molecule has 0 heterocycles. The van der Waals surface area contributed by atoms with Crippen molar-refractivity contribution in [3.63, 3.8) is 0 Å². The predicted molar refractivity (Wildman–Crippen MR) is 83.2 cm³/mol. The number of rotatable bonds is 9. The molecule has 1 aliphatic carbocycles. The van der Waals surface area contributed by atoms with E-state index < -0.39 is 5.97 Å². The Morgan fingerprint density at radius 3 is 2.38 bits per heavy atom. The SMILES string of the molecule is CC(C)N(C)CCCNC(=O)CC1(CC(=O)O)CCCC1. The Bertz CT molecular complexity index is 349. The summed E-state index contributed by atoms with van der Waals surface area (Å²) < 4.78 is 0. The second-order valence-corrected chi connectivity index (χ2v) is 6.73. The number of nitrogens with one attached hydrogen (secondary N) is 1. The zero-order valence-corrected chi connectivity index (χ0v) is 13.7. The van der Waals surface area contributed by atoms with E-state index >= 15 is 0 Å². The molecule has 0 bridgehead atoms. The Labute approximate surface area is 128 Å². The summed E-state index contributed by atoms with van der Waals surface area (Å²) in [5, 5.41) is 12.0. The summed E-state index contributed by atoms with van der Waals surface area (Å²) in [5.41, 5.74) is -0.301. The Kier molecular flexibility index (Phi) is 7.15. The van der Waals surface area contributed by atoms with Gasteiger partial charge in [-0.05, 0) is 52.1 Å². The molecule has 0 radical (unpaired) electrons. The minimum Gasteiger partial charge on any atom is -0.481 e. The van der Waals surface area contributed by atoms with Crippen LogP contribution in [0.3, 0.4) is 0 Å². The Morgan fingerprint density at radius 1 is 1.24 bits per heavy atom. The molecule has 1 rings (SSSR count). The first kappa shape index (κ1) is 18.0. The molecule has 0 atom stereocenters. The predicted octanol–water partition coefficient (Wildman–Crippen LogP) is 2.26. The maximum Gasteiger partial charge on any atom is 0.303 e. The lowest BCUT2D eigenvalue weighted by Crippen LogP contribution is -2.34. The minimum absolute atomic E-state index is 0.00495. The summed E-state index contributed by atoms with van der Waals surface area (Å²) in [5.74, 6) is -0.784. The van der Waals surface area contributed by atoms with Crippen LogP contribution in [0.5, 0.6) is 0 Å². The van der Waals surface area contributed by atoms with Gasteiger partial charge in [-0.25, -0.2) is 0 Å². The van der Waals surface area contributed by atoms with Gasteiger partial charge in [0.1, 0.15) is 0 Å². The van der Waals surface area contributed by atoms with Crippen molar-refractivity contribution >= 4 is 11.9 Å². The van der Waals surface area contributed by atoms with Gasteiger partial charge in [-0.2, -0.15) is 0 Å². The average molecular weight is 298 g/mol. The number of nitrogens with zero attached hydrogens (tertiary/aromatic N) is 1. The van der Waals surface area contributed by atoms with Gasteiger partial charge in [0, 0.05) is 19.0 Å². The highest BCUT2D eigenvalue weighted by molar-refractivity contribution is 5.78. The van der Waals surface area contributed by atoms with Gasteiger partial charge in [0.25, 0.3) is 0 Å². The van der Waals surface area contributed by atoms with Gasteiger partial charge in [-0.3, -0.25) is 9.59 Å². The van der Waals surface area contributed by atoms with Crippen LogP contribution in [0, 0.1) is 5.41 Å². The highest BCUT2D eigenvalue weighted by Crippen LogP contribution is 2.43. The van der Waals surface area contributed by atoms with E-state index in [9.17, 15) is 9.59 Å². The number of hydrogen-bond acceptors (Lipinski definition) is 3. The number of carbonyl (C=O) groups is 2. The van der Waals surface area contributed by atoms with E-state index in [1.807, 2.05) is 0 Å². The van der Waals surface area contributed by atoms with Gasteiger partial charge in [-0.1, -0.05) is 12.8 Å². The lowest BCUT2D eigenvalue weighted by Gasteiger charge is -2.26. The second-order valence-electron chi connectivity index (χ2n) is 6.73. The van der Waals surface area contributed by atoms with Crippen LogP contribution in [0.2, 0.25) is 0 Å². The van der Waals surface area contributed by atoms with Crippen LogP contribution in [0.15, 0.2) is 0 Å². The van der Waals surface area contributed by atoms with Gasteiger partial charge in [0.2, 0.25) is 5.91 Å². The molecule has 0 aromatic carbocycles. The molecule has 5 nitrogen and oxygen atoms in total. The normalized spacial score (nSPS) is 17.4. The van der Waals surface area contributed by atoms with E-state index in [0.717, 1.165) is 38.6 Å². The van der Waals surface area contributed by atoms with E-state index in [1.54, 1.807) is 0 Å². The fourth-order valence-corrected chi connectivity index (χ4v) is 3.08. The second kappa shape index (κ2) is 8.37. The van der Waals surface area contributed by atoms with Crippen LogP contribution in [0.4, 0.5) is 0 Å². The molecular weight excluding hydrogens is 268 g/mol. The van der Waals surface area contributed by atoms with Gasteiger partial charge in [0.05, 0.1) is 6.42 Å². The van der Waals surface area contributed by atoms with E-state index in [1.165, 1.54) is 0 Å². The highest BCUT2D eigenvalue weighted by Gasteiger charge is 2.37. The quantitative estimate of drug-likeness (QED) is 0.641. The molecule has 0 unspecified atom stereocenters. The highest BCUT2D eigenvalue weighted by atomic mass is 16.4. The third kappa shape index (κ3) is 6.46. The van der Waals surface area contributed by atoms with Crippen molar-refractivity contribution in [2.45, 2.75) is 64.8 Å². The van der Waals surface area contributed by atoms with Crippen LogP contribution < -0.4 is 5.32 Å². The Balaban J connectivity index is 2.30. The van der Waals surface area contributed by atoms with Crippen LogP contribution in [0.25, 0.3) is 0 Å². The summed E-state index contributed by atoms with van der Waals surface area (Å²) in [6, 6.07) is 0.512. The summed E-state index contributed by atoms with van der Waals surface area (Å²) in [6.45, 7) is 5.92. The summed E-state index contributed by atoms with van der Waals surface area (Å²) in [7, 11) is 2.08. The molecule has 21 heavy (non-hydrogen) atoms. The molecule has 0 spiro atoms. The van der Waals surface area contributed by atoms with Gasteiger partial charge in [0.15, 0.2) is 0 Å². The summed E-state index contributed by atoms with van der Waals surface area (Å²) in [4.78, 5) is 25.3. The Hall–Kier alpha value is -1.10. The topological polar surface area (TPSA) is 69.6 Å². The third-order valence-corrected chi connectivity index (χ3v) is 4.62. The molecule has 0 aliphatic heterocycles. The molecule has 1 amide bonds. The number of carboxylic acids is 1. The molecule has 1 saturated carbocycles. The molecule has 0 aromatic rings. The molecular formula is C16H30N2O3. The van der Waals surface area contributed by atoms with Crippen molar-refractivity contribution in [2.75, 3.05) is 20.1 Å². The van der Waals surface area contributed by atoms with Gasteiger partial charge in [-0.15, -0.1) is 0 Å². The summed E-state index contributed by atoms with van der Waals surface area (Å²) in [6.07, 6.45) is 5.22. The van der Waals surface area contributed by atoms with E-state index in [2.05, 4.69) is 31.1 Å². The maximum atomic E-state index is 12.0. The van der Waals surface area contributed by atoms with Crippen molar-refractivity contribution in [1.29, 1.82) is 0 Å². The molecule has 122 valence electrons. The van der Waals surface area contributed by atoms with Gasteiger partial charge < -0.3 is 15.3 Å². The zero-order chi connectivity index (χ0) is 15.9. The number of carbonyl (C=O) groups excluding carboxylic acids is 1. The fourth-order valence-electron chi connectivity index (χ4n) is 3.08. The number of hydrogen-bond donors (Lipinski definition) is 2. The standard InChI is InChI=1S/C16H30N2O3/c1-13(2)18(3)10-6-9-17-14(19)11-16(12-15(20)21)7-4-5-8-16/h13H,4-12H2,1-3H3,(H,17,19)(H,20,21). The van der Waals surface area contributed by atoms with Crippen LogP contribution in [0.1, 0.15) is 58.8 Å². The first-order valence-corrected chi connectivity index (χ1v) is 8.03. The number of aliphatic carboxylic acids is 1. The Morgan fingerprint density at radius 2 is 1.86 bits per heavy atom. The fraction of sp³-hybridized carbons (Fsp3) is 0.875. The lowest BCUT2D eigenvalue weighted by molar-refractivity contribution is -0.140. The van der Waals surface area contributed by atoms with Crippen LogP contribution in [-0.2, 0) is 9.59 Å². The van der Waals surface area contributed by atoms with Crippen LogP contribution in [-0.4, -0.2) is 48.1 Å². The molecule has 1 fully saturated rings. The molecule has 1 aliphatic rings. The van der Waals surface area contributed by atoms with E-state index in [-0.39, 0.29) is 17.7 Å². The average Bonchev–Trinajstić information content (AvgIpc) is 2.81. The van der Waals surface area contributed by atoms with Crippen molar-refractivity contribution in [1.82, 2.24) is 10.2 Å². The van der Waals surface area contributed by atoms with Crippen molar-refractivity contribution in [2.24, 2.45) is 5.41 Å². The number of carboxylic acid groups (broad SMARTS) is 1.